The number of thioether (sulfide) groups is 1. The molecule has 1 heterocycles. The summed E-state index contributed by atoms with van der Waals surface area (Å²) in [4.78, 5) is 5.04. The van der Waals surface area contributed by atoms with E-state index in [0.717, 1.165) is 0 Å². The maximum Gasteiger partial charge on any atom is 0.0727 e. The van der Waals surface area contributed by atoms with E-state index < -0.39 is 0 Å². The standard InChI is InChI=1S/C6H6ClNS/c7-5-9-6-1-3-8-4-2-6/h1-4H,5H2. The monoisotopic (exact) mass is 159 g/mol. The highest BCUT2D eigenvalue weighted by atomic mass is 35.5. The minimum Gasteiger partial charge on any atom is -0.265 e. The zero-order chi connectivity index (χ0) is 6.53. The van der Waals surface area contributed by atoms with Crippen molar-refractivity contribution in [1.82, 2.24) is 4.98 Å². The highest BCUT2D eigenvalue weighted by molar-refractivity contribution is 8.00. The lowest BCUT2D eigenvalue weighted by Gasteiger charge is -1.92. The van der Waals surface area contributed by atoms with Crippen LogP contribution >= 0.6 is 23.4 Å². The quantitative estimate of drug-likeness (QED) is 0.486. The molecule has 0 aliphatic carbocycles. The third-order valence-electron chi connectivity index (χ3n) is 0.871. The van der Waals surface area contributed by atoms with Gasteiger partial charge in [0.2, 0.25) is 0 Å². The van der Waals surface area contributed by atoms with Gasteiger partial charge in [-0.3, -0.25) is 4.98 Å². The minimum atomic E-state index is 0.601. The second-order valence-electron chi connectivity index (χ2n) is 1.44. The molecule has 0 fully saturated rings. The molecule has 0 aliphatic rings. The number of halogens is 1. The van der Waals surface area contributed by atoms with Crippen molar-refractivity contribution >= 4 is 23.4 Å². The van der Waals surface area contributed by atoms with E-state index in [2.05, 4.69) is 4.98 Å². The van der Waals surface area contributed by atoms with E-state index in [9.17, 15) is 0 Å². The summed E-state index contributed by atoms with van der Waals surface area (Å²) in [5.41, 5.74) is 0. The molecule has 0 N–H and O–H groups in total. The summed E-state index contributed by atoms with van der Waals surface area (Å²) in [5, 5.41) is 0.601. The molecule has 0 amide bonds. The van der Waals surface area contributed by atoms with Crippen LogP contribution in [0.3, 0.4) is 0 Å². The molecule has 1 nitrogen and oxygen atoms in total. The highest BCUT2D eigenvalue weighted by Gasteiger charge is 1.86. The third kappa shape index (κ3) is 2.24. The molecule has 1 aromatic rings. The van der Waals surface area contributed by atoms with Crippen LogP contribution in [0.4, 0.5) is 0 Å². The van der Waals surface area contributed by atoms with Gasteiger partial charge in [-0.1, -0.05) is 0 Å². The van der Waals surface area contributed by atoms with Crippen molar-refractivity contribution in [2.45, 2.75) is 4.90 Å². The highest BCUT2D eigenvalue weighted by Crippen LogP contribution is 2.16. The molecule has 1 aromatic heterocycles. The van der Waals surface area contributed by atoms with Gasteiger partial charge >= 0.3 is 0 Å². The molecule has 0 bridgehead atoms. The number of rotatable bonds is 2. The van der Waals surface area contributed by atoms with Crippen molar-refractivity contribution in [3.63, 3.8) is 0 Å². The average Bonchev–Trinajstić information content (AvgIpc) is 1.91. The van der Waals surface area contributed by atoms with E-state index in [0.29, 0.717) is 5.21 Å². The first-order chi connectivity index (χ1) is 4.43. The van der Waals surface area contributed by atoms with Crippen LogP contribution < -0.4 is 0 Å². The predicted octanol–water partition coefficient (Wildman–Crippen LogP) is 2.37. The van der Waals surface area contributed by atoms with Crippen LogP contribution in [0.2, 0.25) is 0 Å². The molecule has 0 unspecified atom stereocenters. The molecule has 3 heteroatoms. The van der Waals surface area contributed by atoms with E-state index in [-0.39, 0.29) is 0 Å². The summed E-state index contributed by atoms with van der Waals surface area (Å²) >= 11 is 7.08. The zero-order valence-corrected chi connectivity index (χ0v) is 6.32. The van der Waals surface area contributed by atoms with E-state index in [4.69, 9.17) is 11.6 Å². The Morgan fingerprint density at radius 2 is 2.11 bits per heavy atom. The van der Waals surface area contributed by atoms with Crippen LogP contribution in [0.25, 0.3) is 0 Å². The fraction of sp³-hybridized carbons (Fsp3) is 0.167. The van der Waals surface area contributed by atoms with Gasteiger partial charge in [0.15, 0.2) is 0 Å². The first-order valence-corrected chi connectivity index (χ1v) is 4.04. The largest absolute Gasteiger partial charge is 0.265 e. The van der Waals surface area contributed by atoms with E-state index >= 15 is 0 Å². The van der Waals surface area contributed by atoms with Crippen LogP contribution in [-0.4, -0.2) is 10.2 Å². The Kier molecular flexibility index (Phi) is 2.87. The van der Waals surface area contributed by atoms with Gasteiger partial charge in [-0.25, -0.2) is 0 Å². The van der Waals surface area contributed by atoms with Gasteiger partial charge < -0.3 is 0 Å². The Bertz CT molecular complexity index is 166. The lowest BCUT2D eigenvalue weighted by molar-refractivity contribution is 1.26. The summed E-state index contributed by atoms with van der Waals surface area (Å²) in [6, 6.07) is 3.88. The smallest absolute Gasteiger partial charge is 0.0727 e. The van der Waals surface area contributed by atoms with Crippen LogP contribution in [0.15, 0.2) is 29.4 Å². The number of aromatic nitrogens is 1. The first kappa shape index (κ1) is 6.90. The zero-order valence-electron chi connectivity index (χ0n) is 4.75. The Morgan fingerprint density at radius 3 is 2.67 bits per heavy atom. The van der Waals surface area contributed by atoms with Crippen LogP contribution in [0.5, 0.6) is 0 Å². The van der Waals surface area contributed by atoms with Crippen LogP contribution in [-0.2, 0) is 0 Å². The summed E-state index contributed by atoms with van der Waals surface area (Å²) in [5.74, 6) is 0. The van der Waals surface area contributed by atoms with E-state index in [1.807, 2.05) is 12.1 Å². The SMILES string of the molecule is ClCSc1ccncc1. The molecule has 48 valence electrons. The molecule has 0 saturated carbocycles. The number of hydrogen-bond donors (Lipinski definition) is 0. The maximum atomic E-state index is 5.48. The molecule has 0 saturated heterocycles. The van der Waals surface area contributed by atoms with Gasteiger partial charge in [0.1, 0.15) is 0 Å². The fourth-order valence-electron chi connectivity index (χ4n) is 0.497. The molecule has 0 atom stereocenters. The molecule has 0 aromatic carbocycles. The number of pyridine rings is 1. The summed E-state index contributed by atoms with van der Waals surface area (Å²) in [6.07, 6.45) is 3.52. The van der Waals surface area contributed by atoms with E-state index in [1.165, 1.54) is 4.90 Å². The minimum absolute atomic E-state index is 0.601. The molecule has 0 radical (unpaired) electrons. The van der Waals surface area contributed by atoms with Gasteiger partial charge in [0.05, 0.1) is 5.21 Å². The fourth-order valence-corrected chi connectivity index (χ4v) is 1.32. The van der Waals surface area contributed by atoms with E-state index in [1.54, 1.807) is 24.2 Å². The lowest BCUT2D eigenvalue weighted by Crippen LogP contribution is -1.70. The second-order valence-corrected chi connectivity index (χ2v) is 3.07. The Hall–Kier alpha value is -0.210. The number of nitrogens with zero attached hydrogens (tertiary/aromatic N) is 1. The van der Waals surface area contributed by atoms with Crippen molar-refractivity contribution in [2.24, 2.45) is 0 Å². The molecule has 0 aliphatic heterocycles. The van der Waals surface area contributed by atoms with Crippen LogP contribution in [0.1, 0.15) is 0 Å². The molecule has 9 heavy (non-hydrogen) atoms. The number of hydrogen-bond acceptors (Lipinski definition) is 2. The molecular formula is C6H6ClNS. The predicted molar refractivity (Wildman–Crippen MR) is 40.8 cm³/mol. The van der Waals surface area contributed by atoms with Gasteiger partial charge in [-0.15, -0.1) is 23.4 Å². The van der Waals surface area contributed by atoms with Crippen LogP contribution in [0, 0.1) is 0 Å². The third-order valence-corrected chi connectivity index (χ3v) is 1.91. The Labute approximate surface area is 63.4 Å². The summed E-state index contributed by atoms with van der Waals surface area (Å²) in [7, 11) is 0. The van der Waals surface area contributed by atoms with Crippen molar-refractivity contribution in [3.05, 3.63) is 24.5 Å². The van der Waals surface area contributed by atoms with Crippen molar-refractivity contribution in [1.29, 1.82) is 0 Å². The van der Waals surface area contributed by atoms with Crippen molar-refractivity contribution < 1.29 is 0 Å². The molecular weight excluding hydrogens is 154 g/mol. The normalized spacial score (nSPS) is 9.44. The summed E-state index contributed by atoms with van der Waals surface area (Å²) < 4.78 is 0. The lowest BCUT2D eigenvalue weighted by atomic mass is 10.5. The second kappa shape index (κ2) is 3.75. The number of alkyl halides is 1. The Morgan fingerprint density at radius 1 is 1.44 bits per heavy atom. The topological polar surface area (TPSA) is 12.9 Å². The van der Waals surface area contributed by atoms with Gasteiger partial charge in [0, 0.05) is 17.3 Å². The van der Waals surface area contributed by atoms with Crippen molar-refractivity contribution in [2.75, 3.05) is 5.21 Å². The van der Waals surface area contributed by atoms with Crippen molar-refractivity contribution in [3.8, 4) is 0 Å². The maximum absolute atomic E-state index is 5.48. The van der Waals surface area contributed by atoms with Gasteiger partial charge in [-0.2, -0.15) is 0 Å². The first-order valence-electron chi connectivity index (χ1n) is 2.52. The average molecular weight is 160 g/mol. The molecule has 1 rings (SSSR count). The van der Waals surface area contributed by atoms with Gasteiger partial charge in [0.25, 0.3) is 0 Å². The van der Waals surface area contributed by atoms with Gasteiger partial charge in [-0.05, 0) is 12.1 Å². The molecule has 0 spiro atoms. The summed E-state index contributed by atoms with van der Waals surface area (Å²) in [6.45, 7) is 0. The Balaban J connectivity index is 2.61.